The molecule has 2 aromatic rings. The van der Waals surface area contributed by atoms with Crippen molar-refractivity contribution in [2.24, 2.45) is 0 Å². The molecular formula is C11H7ClFNO. The molecule has 2 nitrogen and oxygen atoms in total. The summed E-state index contributed by atoms with van der Waals surface area (Å²) in [4.78, 5) is 13.7. The standard InChI is InChI=1S/C11H7ClFNO/c12-8-6-7(4-5-9(8)13)10-2-1-3-11(15)14-10/h1-6H,(H,14,15). The van der Waals surface area contributed by atoms with E-state index in [1.807, 2.05) is 0 Å². The molecule has 1 N–H and O–H groups in total. The van der Waals surface area contributed by atoms with Crippen molar-refractivity contribution >= 4 is 11.6 Å². The van der Waals surface area contributed by atoms with E-state index in [-0.39, 0.29) is 10.6 Å². The van der Waals surface area contributed by atoms with Gasteiger partial charge in [0.25, 0.3) is 0 Å². The lowest BCUT2D eigenvalue weighted by Crippen LogP contribution is -2.03. The molecule has 0 aliphatic carbocycles. The molecule has 0 atom stereocenters. The predicted molar refractivity (Wildman–Crippen MR) is 57.5 cm³/mol. The van der Waals surface area contributed by atoms with E-state index in [9.17, 15) is 9.18 Å². The number of benzene rings is 1. The minimum absolute atomic E-state index is 0.0391. The number of halogens is 2. The van der Waals surface area contributed by atoms with Gasteiger partial charge in [0.05, 0.1) is 5.02 Å². The highest BCUT2D eigenvalue weighted by atomic mass is 35.5. The maximum Gasteiger partial charge on any atom is 0.248 e. The van der Waals surface area contributed by atoms with E-state index in [2.05, 4.69) is 4.98 Å². The first-order chi connectivity index (χ1) is 7.16. The number of hydrogen-bond acceptors (Lipinski definition) is 1. The van der Waals surface area contributed by atoms with Crippen LogP contribution in [-0.4, -0.2) is 4.98 Å². The summed E-state index contributed by atoms with van der Waals surface area (Å²) in [6.07, 6.45) is 0. The SMILES string of the molecule is O=c1cccc(-c2ccc(F)c(Cl)c2)[nH]1. The second kappa shape index (κ2) is 3.87. The largest absolute Gasteiger partial charge is 0.322 e. The first-order valence-electron chi connectivity index (χ1n) is 4.31. The zero-order valence-corrected chi connectivity index (χ0v) is 8.38. The van der Waals surface area contributed by atoms with Crippen LogP contribution in [0.4, 0.5) is 4.39 Å². The van der Waals surface area contributed by atoms with Gasteiger partial charge in [0.1, 0.15) is 5.82 Å². The first-order valence-corrected chi connectivity index (χ1v) is 4.69. The van der Waals surface area contributed by atoms with Gasteiger partial charge in [-0.2, -0.15) is 0 Å². The third-order valence-corrected chi connectivity index (χ3v) is 2.29. The molecule has 0 aliphatic heterocycles. The Balaban J connectivity index is 2.55. The number of nitrogens with one attached hydrogen (secondary N) is 1. The Labute approximate surface area is 90.3 Å². The van der Waals surface area contributed by atoms with Gasteiger partial charge in [0.2, 0.25) is 5.56 Å². The fraction of sp³-hybridized carbons (Fsp3) is 0. The molecule has 0 unspecified atom stereocenters. The van der Waals surface area contributed by atoms with Crippen LogP contribution in [0.3, 0.4) is 0 Å². The van der Waals surface area contributed by atoms with E-state index in [4.69, 9.17) is 11.6 Å². The molecule has 15 heavy (non-hydrogen) atoms. The molecule has 0 saturated heterocycles. The Hall–Kier alpha value is -1.61. The van der Waals surface area contributed by atoms with Gasteiger partial charge in [-0.05, 0) is 29.8 Å². The van der Waals surface area contributed by atoms with E-state index in [0.717, 1.165) is 0 Å². The zero-order valence-electron chi connectivity index (χ0n) is 7.63. The van der Waals surface area contributed by atoms with Crippen molar-refractivity contribution in [2.75, 3.05) is 0 Å². The average molecular weight is 224 g/mol. The van der Waals surface area contributed by atoms with Gasteiger partial charge in [0.15, 0.2) is 0 Å². The van der Waals surface area contributed by atoms with Gasteiger partial charge in [-0.1, -0.05) is 17.7 Å². The highest BCUT2D eigenvalue weighted by Gasteiger charge is 2.03. The molecule has 1 aromatic carbocycles. The van der Waals surface area contributed by atoms with Crippen LogP contribution in [0.5, 0.6) is 0 Å². The van der Waals surface area contributed by atoms with Crippen molar-refractivity contribution in [3.8, 4) is 11.3 Å². The third kappa shape index (κ3) is 2.07. The molecule has 0 bridgehead atoms. The smallest absolute Gasteiger partial charge is 0.248 e. The lowest BCUT2D eigenvalue weighted by Gasteiger charge is -2.01. The van der Waals surface area contributed by atoms with Gasteiger partial charge in [-0.15, -0.1) is 0 Å². The molecule has 0 radical (unpaired) electrons. The summed E-state index contributed by atoms with van der Waals surface area (Å²) >= 11 is 5.64. The number of H-pyrrole nitrogens is 1. The monoisotopic (exact) mass is 223 g/mol. The summed E-state index contributed by atoms with van der Waals surface area (Å²) in [5.41, 5.74) is 1.09. The number of rotatable bonds is 1. The molecule has 1 heterocycles. The zero-order chi connectivity index (χ0) is 10.8. The molecular weight excluding hydrogens is 217 g/mol. The van der Waals surface area contributed by atoms with E-state index in [1.54, 1.807) is 18.2 Å². The van der Waals surface area contributed by atoms with Crippen molar-refractivity contribution in [3.63, 3.8) is 0 Å². The fourth-order valence-electron chi connectivity index (χ4n) is 1.28. The molecule has 76 valence electrons. The van der Waals surface area contributed by atoms with Gasteiger partial charge in [-0.3, -0.25) is 4.79 Å². The third-order valence-electron chi connectivity index (χ3n) is 2.00. The Morgan fingerprint density at radius 2 is 2.00 bits per heavy atom. The summed E-state index contributed by atoms with van der Waals surface area (Å²) in [7, 11) is 0. The number of aromatic amines is 1. The van der Waals surface area contributed by atoms with Crippen LogP contribution in [0.25, 0.3) is 11.3 Å². The molecule has 0 saturated carbocycles. The summed E-state index contributed by atoms with van der Waals surface area (Å²) < 4.78 is 12.9. The minimum Gasteiger partial charge on any atom is -0.322 e. The maximum absolute atomic E-state index is 12.9. The van der Waals surface area contributed by atoms with Crippen LogP contribution >= 0.6 is 11.6 Å². The highest BCUT2D eigenvalue weighted by Crippen LogP contribution is 2.22. The first kappa shape index (κ1) is 9.93. The minimum atomic E-state index is -0.473. The maximum atomic E-state index is 12.9. The molecule has 0 fully saturated rings. The summed E-state index contributed by atoms with van der Waals surface area (Å²) in [6, 6.07) is 9.07. The molecule has 4 heteroatoms. The van der Waals surface area contributed by atoms with Crippen molar-refractivity contribution in [2.45, 2.75) is 0 Å². The van der Waals surface area contributed by atoms with Crippen LogP contribution in [0.2, 0.25) is 5.02 Å². The molecule has 1 aromatic heterocycles. The lowest BCUT2D eigenvalue weighted by atomic mass is 10.1. The second-order valence-corrected chi connectivity index (χ2v) is 3.46. The van der Waals surface area contributed by atoms with E-state index >= 15 is 0 Å². The van der Waals surface area contributed by atoms with Gasteiger partial charge >= 0.3 is 0 Å². The van der Waals surface area contributed by atoms with Crippen LogP contribution < -0.4 is 5.56 Å². The molecule has 2 rings (SSSR count). The Morgan fingerprint density at radius 1 is 1.20 bits per heavy atom. The molecule has 0 amide bonds. The summed E-state index contributed by atoms with van der Waals surface area (Å²) in [5, 5.41) is 0.0391. The van der Waals surface area contributed by atoms with Crippen LogP contribution in [0, 0.1) is 5.82 Å². The Kier molecular flexibility index (Phi) is 2.56. The van der Waals surface area contributed by atoms with E-state index in [1.165, 1.54) is 18.2 Å². The van der Waals surface area contributed by atoms with E-state index < -0.39 is 5.82 Å². The second-order valence-electron chi connectivity index (χ2n) is 3.06. The fourth-order valence-corrected chi connectivity index (χ4v) is 1.46. The van der Waals surface area contributed by atoms with Crippen LogP contribution in [0.15, 0.2) is 41.2 Å². The predicted octanol–water partition coefficient (Wildman–Crippen LogP) is 2.83. The number of pyridine rings is 1. The Morgan fingerprint density at radius 3 is 2.67 bits per heavy atom. The Bertz CT molecular complexity index is 550. The average Bonchev–Trinajstić information content (AvgIpc) is 2.22. The van der Waals surface area contributed by atoms with Crippen LogP contribution in [-0.2, 0) is 0 Å². The topological polar surface area (TPSA) is 32.9 Å². The van der Waals surface area contributed by atoms with Crippen molar-refractivity contribution in [1.82, 2.24) is 4.98 Å². The lowest BCUT2D eigenvalue weighted by molar-refractivity contribution is 0.628. The van der Waals surface area contributed by atoms with Crippen molar-refractivity contribution in [1.29, 1.82) is 0 Å². The van der Waals surface area contributed by atoms with Crippen LogP contribution in [0.1, 0.15) is 0 Å². The normalized spacial score (nSPS) is 10.3. The van der Waals surface area contributed by atoms with Crippen molar-refractivity contribution in [3.05, 3.63) is 57.6 Å². The quantitative estimate of drug-likeness (QED) is 0.792. The van der Waals surface area contributed by atoms with Crippen molar-refractivity contribution < 1.29 is 4.39 Å². The summed E-state index contributed by atoms with van der Waals surface area (Å²) in [5.74, 6) is -0.473. The van der Waals surface area contributed by atoms with Gasteiger partial charge < -0.3 is 4.98 Å². The molecule has 0 aliphatic rings. The highest BCUT2D eigenvalue weighted by molar-refractivity contribution is 6.31. The van der Waals surface area contributed by atoms with Gasteiger partial charge in [0, 0.05) is 11.8 Å². The summed E-state index contributed by atoms with van der Waals surface area (Å²) in [6.45, 7) is 0. The molecule has 0 spiro atoms. The number of hydrogen-bond donors (Lipinski definition) is 1. The number of aromatic nitrogens is 1. The van der Waals surface area contributed by atoms with E-state index in [0.29, 0.717) is 11.3 Å². The van der Waals surface area contributed by atoms with Gasteiger partial charge in [-0.25, -0.2) is 4.39 Å².